The molecule has 2 heteroatoms. The smallest absolute Gasteiger partial charge is 0.134 e. The highest BCUT2D eigenvalue weighted by Gasteiger charge is 2.17. The minimum atomic E-state index is 0.857. The second kappa shape index (κ2) is 9.68. The van der Waals surface area contributed by atoms with Gasteiger partial charge in [-0.2, -0.15) is 0 Å². The summed E-state index contributed by atoms with van der Waals surface area (Å²) in [6, 6.07) is 42.0. The Bertz CT molecular complexity index is 1330. The zero-order valence-electron chi connectivity index (χ0n) is 19.4. The first-order chi connectivity index (χ1) is 16.8. The van der Waals surface area contributed by atoms with Gasteiger partial charge < -0.3 is 9.47 Å². The van der Waals surface area contributed by atoms with Crippen molar-refractivity contribution in [3.05, 3.63) is 121 Å². The van der Waals surface area contributed by atoms with Crippen molar-refractivity contribution in [3.8, 4) is 56.0 Å². The minimum absolute atomic E-state index is 0.857. The summed E-state index contributed by atoms with van der Waals surface area (Å²) in [5, 5.41) is 0. The zero-order valence-corrected chi connectivity index (χ0v) is 19.4. The molecule has 5 rings (SSSR count). The third-order valence-corrected chi connectivity index (χ3v) is 6.08. The molecule has 34 heavy (non-hydrogen) atoms. The lowest BCUT2D eigenvalue weighted by atomic mass is 9.91. The molecule has 0 aromatic heterocycles. The van der Waals surface area contributed by atoms with E-state index in [1.165, 1.54) is 0 Å². The Labute approximate surface area is 201 Å². The van der Waals surface area contributed by atoms with E-state index in [1.807, 2.05) is 24.3 Å². The van der Waals surface area contributed by atoms with Crippen molar-refractivity contribution in [2.24, 2.45) is 0 Å². The molecule has 166 valence electrons. The molecular formula is C32H26O2. The van der Waals surface area contributed by atoms with Crippen LogP contribution in [0.5, 0.6) is 11.5 Å². The van der Waals surface area contributed by atoms with Gasteiger partial charge in [0.2, 0.25) is 0 Å². The number of ether oxygens (including phenoxy) is 2. The van der Waals surface area contributed by atoms with Crippen LogP contribution < -0.4 is 9.47 Å². The van der Waals surface area contributed by atoms with Gasteiger partial charge >= 0.3 is 0 Å². The van der Waals surface area contributed by atoms with Crippen molar-refractivity contribution in [2.75, 3.05) is 14.2 Å². The molecule has 0 heterocycles. The average Bonchev–Trinajstić information content (AvgIpc) is 2.93. The fraction of sp³-hybridized carbons (Fsp3) is 0.0625. The number of rotatable bonds is 6. The van der Waals surface area contributed by atoms with Crippen molar-refractivity contribution in [3.63, 3.8) is 0 Å². The van der Waals surface area contributed by atoms with E-state index in [-0.39, 0.29) is 0 Å². The monoisotopic (exact) mass is 442 g/mol. The van der Waals surface area contributed by atoms with Gasteiger partial charge in [0.15, 0.2) is 0 Å². The van der Waals surface area contributed by atoms with Crippen LogP contribution in [-0.4, -0.2) is 14.2 Å². The van der Waals surface area contributed by atoms with Crippen molar-refractivity contribution < 1.29 is 9.47 Å². The standard InChI is InChI=1S/C32H26O2/c1-33-31-19-18-26(20-28(31)23-12-6-3-7-13-23)27-21-29(24-14-8-4-9-15-24)32(34-2)30(22-27)25-16-10-5-11-17-25/h3-22H,1-2H3. The Morgan fingerprint density at radius 1 is 0.382 bits per heavy atom. The van der Waals surface area contributed by atoms with E-state index in [2.05, 4.69) is 97.1 Å². The molecule has 0 spiro atoms. The van der Waals surface area contributed by atoms with Gasteiger partial charge in [-0.25, -0.2) is 0 Å². The highest BCUT2D eigenvalue weighted by molar-refractivity contribution is 5.89. The second-order valence-corrected chi connectivity index (χ2v) is 8.12. The van der Waals surface area contributed by atoms with Crippen molar-refractivity contribution >= 4 is 0 Å². The van der Waals surface area contributed by atoms with Crippen molar-refractivity contribution in [1.82, 2.24) is 0 Å². The number of hydrogen-bond donors (Lipinski definition) is 0. The predicted octanol–water partition coefficient (Wildman–Crippen LogP) is 8.37. The number of benzene rings is 5. The molecule has 0 saturated heterocycles. The van der Waals surface area contributed by atoms with E-state index in [0.29, 0.717) is 0 Å². The molecule has 0 aliphatic carbocycles. The highest BCUT2D eigenvalue weighted by Crippen LogP contribution is 2.43. The lowest BCUT2D eigenvalue weighted by Gasteiger charge is -2.18. The molecular weight excluding hydrogens is 416 g/mol. The summed E-state index contributed by atoms with van der Waals surface area (Å²) in [5.41, 5.74) is 8.81. The summed E-state index contributed by atoms with van der Waals surface area (Å²) < 4.78 is 11.7. The Balaban J connectivity index is 1.76. The number of methoxy groups -OCH3 is 2. The van der Waals surface area contributed by atoms with Crippen LogP contribution in [0.1, 0.15) is 0 Å². The van der Waals surface area contributed by atoms with Gasteiger partial charge in [-0.15, -0.1) is 0 Å². The zero-order chi connectivity index (χ0) is 23.3. The first-order valence-electron chi connectivity index (χ1n) is 11.3. The molecule has 5 aromatic carbocycles. The molecule has 0 atom stereocenters. The largest absolute Gasteiger partial charge is 0.496 e. The van der Waals surface area contributed by atoms with E-state index >= 15 is 0 Å². The second-order valence-electron chi connectivity index (χ2n) is 8.12. The van der Waals surface area contributed by atoms with Gasteiger partial charge in [0.05, 0.1) is 14.2 Å². The van der Waals surface area contributed by atoms with Gasteiger partial charge in [0.1, 0.15) is 11.5 Å². The molecule has 0 aliphatic rings. The Kier molecular flexibility index (Phi) is 6.13. The van der Waals surface area contributed by atoms with Crippen LogP contribution in [0.15, 0.2) is 121 Å². The van der Waals surface area contributed by atoms with Crippen LogP contribution in [-0.2, 0) is 0 Å². The molecule has 0 N–H and O–H groups in total. The summed E-state index contributed by atoms with van der Waals surface area (Å²) in [6.45, 7) is 0. The molecule has 0 fully saturated rings. The van der Waals surface area contributed by atoms with Gasteiger partial charge in [-0.1, -0.05) is 97.1 Å². The molecule has 0 bridgehead atoms. The van der Waals surface area contributed by atoms with Crippen molar-refractivity contribution in [2.45, 2.75) is 0 Å². The van der Waals surface area contributed by atoms with Crippen LogP contribution in [0, 0.1) is 0 Å². The third-order valence-electron chi connectivity index (χ3n) is 6.08. The Morgan fingerprint density at radius 2 is 0.824 bits per heavy atom. The molecule has 0 saturated carbocycles. The molecule has 0 aliphatic heterocycles. The molecule has 0 amide bonds. The van der Waals surface area contributed by atoms with E-state index in [9.17, 15) is 0 Å². The SMILES string of the molecule is COc1ccc(-c2cc(-c3ccccc3)c(OC)c(-c3ccccc3)c2)cc1-c1ccccc1. The topological polar surface area (TPSA) is 18.5 Å². The summed E-state index contributed by atoms with van der Waals surface area (Å²) in [4.78, 5) is 0. The number of hydrogen-bond acceptors (Lipinski definition) is 2. The maximum Gasteiger partial charge on any atom is 0.134 e. The lowest BCUT2D eigenvalue weighted by molar-refractivity contribution is 0.416. The van der Waals surface area contributed by atoms with Crippen LogP contribution >= 0.6 is 0 Å². The quantitative estimate of drug-likeness (QED) is 0.263. The van der Waals surface area contributed by atoms with E-state index in [0.717, 1.165) is 56.0 Å². The first-order valence-corrected chi connectivity index (χ1v) is 11.3. The Morgan fingerprint density at radius 3 is 1.26 bits per heavy atom. The van der Waals surface area contributed by atoms with E-state index in [1.54, 1.807) is 14.2 Å². The first kappa shape index (κ1) is 21.5. The van der Waals surface area contributed by atoms with Crippen LogP contribution in [0.4, 0.5) is 0 Å². The maximum absolute atomic E-state index is 5.99. The van der Waals surface area contributed by atoms with E-state index in [4.69, 9.17) is 9.47 Å². The fourth-order valence-electron chi connectivity index (χ4n) is 4.41. The Hall–Kier alpha value is -4.30. The van der Waals surface area contributed by atoms with Gasteiger partial charge in [0.25, 0.3) is 0 Å². The van der Waals surface area contributed by atoms with Crippen molar-refractivity contribution in [1.29, 1.82) is 0 Å². The predicted molar refractivity (Wildman–Crippen MR) is 141 cm³/mol. The lowest BCUT2D eigenvalue weighted by Crippen LogP contribution is -1.95. The highest BCUT2D eigenvalue weighted by atomic mass is 16.5. The maximum atomic E-state index is 5.99. The molecule has 0 unspecified atom stereocenters. The molecule has 5 aromatic rings. The third kappa shape index (κ3) is 4.18. The molecule has 2 nitrogen and oxygen atoms in total. The van der Waals surface area contributed by atoms with E-state index < -0.39 is 0 Å². The summed E-state index contributed by atoms with van der Waals surface area (Å²) in [5.74, 6) is 1.73. The fourth-order valence-corrected chi connectivity index (χ4v) is 4.41. The van der Waals surface area contributed by atoms with Gasteiger partial charge in [0, 0.05) is 16.7 Å². The minimum Gasteiger partial charge on any atom is -0.496 e. The van der Waals surface area contributed by atoms with Gasteiger partial charge in [-0.05, 0) is 52.1 Å². The normalized spacial score (nSPS) is 10.6. The average molecular weight is 443 g/mol. The van der Waals surface area contributed by atoms with Gasteiger partial charge in [-0.3, -0.25) is 0 Å². The van der Waals surface area contributed by atoms with Crippen LogP contribution in [0.3, 0.4) is 0 Å². The molecule has 0 radical (unpaired) electrons. The summed E-state index contributed by atoms with van der Waals surface area (Å²) in [6.07, 6.45) is 0. The van der Waals surface area contributed by atoms with Crippen LogP contribution in [0.25, 0.3) is 44.5 Å². The van der Waals surface area contributed by atoms with Crippen LogP contribution in [0.2, 0.25) is 0 Å². The summed E-state index contributed by atoms with van der Waals surface area (Å²) >= 11 is 0. The summed E-state index contributed by atoms with van der Waals surface area (Å²) in [7, 11) is 3.46.